The number of esters is 1. The molecule has 0 spiro atoms. The molecule has 19 heavy (non-hydrogen) atoms. The third-order valence-electron chi connectivity index (χ3n) is 2.16. The summed E-state index contributed by atoms with van der Waals surface area (Å²) in [5.74, 6) is -0.879. The lowest BCUT2D eigenvalue weighted by Crippen LogP contribution is -2.10. The number of alkyl halides is 3. The van der Waals surface area contributed by atoms with Crippen molar-refractivity contribution in [2.45, 2.75) is 16.9 Å². The number of nitrogens with zero attached hydrogens (tertiary/aromatic N) is 1. The molecule has 102 valence electrons. The van der Waals surface area contributed by atoms with Crippen LogP contribution in [0, 0.1) is 11.3 Å². The van der Waals surface area contributed by atoms with Crippen LogP contribution < -0.4 is 5.73 Å². The van der Waals surface area contributed by atoms with E-state index < -0.39 is 11.5 Å². The van der Waals surface area contributed by atoms with Gasteiger partial charge in [0.2, 0.25) is 0 Å². The normalized spacial score (nSPS) is 10.9. The maximum absolute atomic E-state index is 12.3. The minimum absolute atomic E-state index is 0.0686. The van der Waals surface area contributed by atoms with Crippen molar-refractivity contribution in [3.8, 4) is 6.07 Å². The number of hydrogen-bond donors (Lipinski definition) is 1. The summed E-state index contributed by atoms with van der Waals surface area (Å²) in [6, 6.07) is 3.86. The summed E-state index contributed by atoms with van der Waals surface area (Å²) in [4.78, 5) is 11.3. The molecule has 2 N–H and O–H groups in total. The fourth-order valence-electron chi connectivity index (χ4n) is 1.43. The van der Waals surface area contributed by atoms with E-state index in [-0.39, 0.29) is 39.9 Å². The smallest absolute Gasteiger partial charge is 0.446 e. The van der Waals surface area contributed by atoms with E-state index in [4.69, 9.17) is 11.0 Å². The lowest BCUT2D eigenvalue weighted by molar-refractivity contribution is -0.0328. The Bertz CT molecular complexity index is 538. The first-order valence-corrected chi connectivity index (χ1v) is 5.75. The monoisotopic (exact) mass is 290 g/mol. The van der Waals surface area contributed by atoms with Crippen molar-refractivity contribution in [2.24, 2.45) is 5.73 Å². The molecule has 0 heterocycles. The van der Waals surface area contributed by atoms with Gasteiger partial charge in [0.15, 0.2) is 0 Å². The maximum Gasteiger partial charge on any atom is 0.446 e. The predicted molar refractivity (Wildman–Crippen MR) is 62.3 cm³/mol. The first kappa shape index (κ1) is 15.3. The number of thioether (sulfide) groups is 1. The van der Waals surface area contributed by atoms with Gasteiger partial charge in [0.25, 0.3) is 0 Å². The second-order valence-electron chi connectivity index (χ2n) is 3.36. The van der Waals surface area contributed by atoms with Gasteiger partial charge in [-0.15, -0.1) is 0 Å². The molecule has 1 aromatic rings. The lowest BCUT2D eigenvalue weighted by Gasteiger charge is -2.11. The van der Waals surface area contributed by atoms with Crippen molar-refractivity contribution in [3.05, 3.63) is 28.8 Å². The van der Waals surface area contributed by atoms with Crippen LogP contribution in [-0.2, 0) is 11.3 Å². The summed E-state index contributed by atoms with van der Waals surface area (Å²) in [6.07, 6.45) is 0. The molecule has 0 saturated heterocycles. The molecular weight excluding hydrogens is 281 g/mol. The number of benzene rings is 1. The summed E-state index contributed by atoms with van der Waals surface area (Å²) in [7, 11) is 1.08. The first-order valence-electron chi connectivity index (χ1n) is 4.93. The number of hydrogen-bond acceptors (Lipinski definition) is 5. The zero-order valence-corrected chi connectivity index (χ0v) is 10.6. The number of carbonyl (C=O) groups excluding carboxylic acids is 1. The summed E-state index contributed by atoms with van der Waals surface area (Å²) in [5, 5.41) is 8.96. The summed E-state index contributed by atoms with van der Waals surface area (Å²) < 4.78 is 41.4. The molecule has 0 aliphatic carbocycles. The van der Waals surface area contributed by atoms with Crippen molar-refractivity contribution in [1.82, 2.24) is 0 Å². The summed E-state index contributed by atoms with van der Waals surface area (Å²) >= 11 is -0.381. The van der Waals surface area contributed by atoms with Gasteiger partial charge in [0.05, 0.1) is 18.2 Å². The Balaban J connectivity index is 3.39. The molecule has 0 atom stereocenters. The Hall–Kier alpha value is -1.72. The van der Waals surface area contributed by atoms with Crippen molar-refractivity contribution in [2.75, 3.05) is 7.11 Å². The van der Waals surface area contributed by atoms with Gasteiger partial charge in [-0.05, 0) is 29.5 Å². The first-order chi connectivity index (χ1) is 8.82. The Morgan fingerprint density at radius 3 is 2.58 bits per heavy atom. The van der Waals surface area contributed by atoms with Crippen molar-refractivity contribution in [3.63, 3.8) is 0 Å². The molecule has 0 aliphatic heterocycles. The van der Waals surface area contributed by atoms with Crippen molar-refractivity contribution >= 4 is 17.7 Å². The maximum atomic E-state index is 12.3. The lowest BCUT2D eigenvalue weighted by atomic mass is 10.0. The number of halogens is 3. The van der Waals surface area contributed by atoms with E-state index in [1.807, 2.05) is 0 Å². The molecule has 0 amide bonds. The molecule has 0 radical (unpaired) electrons. The molecule has 1 rings (SSSR count). The van der Waals surface area contributed by atoms with Crippen LogP contribution in [0.5, 0.6) is 0 Å². The van der Waals surface area contributed by atoms with Gasteiger partial charge in [-0.1, -0.05) is 0 Å². The number of nitrogens with two attached hydrogens (primary N) is 1. The fourth-order valence-corrected chi connectivity index (χ4v) is 2.07. The average Bonchev–Trinajstić information content (AvgIpc) is 2.34. The van der Waals surface area contributed by atoms with Crippen LogP contribution in [0.1, 0.15) is 21.5 Å². The minimum atomic E-state index is -4.49. The quantitative estimate of drug-likeness (QED) is 0.683. The minimum Gasteiger partial charge on any atom is -0.465 e. The molecular formula is C11H9F3N2O2S. The second kappa shape index (κ2) is 5.95. The zero-order valence-electron chi connectivity index (χ0n) is 9.75. The highest BCUT2D eigenvalue weighted by Crippen LogP contribution is 2.38. The van der Waals surface area contributed by atoms with Gasteiger partial charge >= 0.3 is 11.5 Å². The van der Waals surface area contributed by atoms with E-state index in [0.29, 0.717) is 0 Å². The molecule has 0 saturated carbocycles. The zero-order chi connectivity index (χ0) is 14.6. The highest BCUT2D eigenvalue weighted by Gasteiger charge is 2.30. The third-order valence-corrected chi connectivity index (χ3v) is 2.87. The van der Waals surface area contributed by atoms with Crippen LogP contribution in [0.15, 0.2) is 17.0 Å². The van der Waals surface area contributed by atoms with E-state index in [1.165, 1.54) is 0 Å². The highest BCUT2D eigenvalue weighted by molar-refractivity contribution is 8.00. The molecule has 0 aromatic heterocycles. The number of carbonyl (C=O) groups is 1. The van der Waals surface area contributed by atoms with E-state index in [9.17, 15) is 18.0 Å². The van der Waals surface area contributed by atoms with Gasteiger partial charge < -0.3 is 10.5 Å². The summed E-state index contributed by atoms with van der Waals surface area (Å²) in [6.45, 7) is -0.154. The molecule has 4 nitrogen and oxygen atoms in total. The average molecular weight is 290 g/mol. The van der Waals surface area contributed by atoms with Crippen molar-refractivity contribution < 1.29 is 22.7 Å². The topological polar surface area (TPSA) is 76.1 Å². The van der Waals surface area contributed by atoms with E-state index in [2.05, 4.69) is 4.74 Å². The number of ether oxygens (including phenoxy) is 1. The fraction of sp³-hybridized carbons (Fsp3) is 0.273. The Labute approximate surface area is 111 Å². The SMILES string of the molecule is COC(=O)c1cc(SC(F)(F)F)cc(CN)c1C#N. The summed E-state index contributed by atoms with van der Waals surface area (Å²) in [5.41, 5.74) is 0.756. The van der Waals surface area contributed by atoms with Crippen LogP contribution in [0.4, 0.5) is 13.2 Å². The predicted octanol–water partition coefficient (Wildman–Crippen LogP) is 2.42. The molecule has 8 heteroatoms. The van der Waals surface area contributed by atoms with Crippen LogP contribution >= 0.6 is 11.8 Å². The largest absolute Gasteiger partial charge is 0.465 e. The third kappa shape index (κ3) is 3.87. The molecule has 0 unspecified atom stereocenters. The highest BCUT2D eigenvalue weighted by atomic mass is 32.2. The Morgan fingerprint density at radius 2 is 2.16 bits per heavy atom. The molecule has 0 aliphatic rings. The Kier molecular flexibility index (Phi) is 4.80. The molecule has 0 fully saturated rings. The molecule has 0 bridgehead atoms. The van der Waals surface area contributed by atoms with Crippen LogP contribution in [-0.4, -0.2) is 18.6 Å². The van der Waals surface area contributed by atoms with Crippen LogP contribution in [0.3, 0.4) is 0 Å². The van der Waals surface area contributed by atoms with E-state index >= 15 is 0 Å². The van der Waals surface area contributed by atoms with Crippen LogP contribution in [0.25, 0.3) is 0 Å². The van der Waals surface area contributed by atoms with Gasteiger partial charge in [-0.3, -0.25) is 0 Å². The second-order valence-corrected chi connectivity index (χ2v) is 4.50. The van der Waals surface area contributed by atoms with Gasteiger partial charge in [0, 0.05) is 11.4 Å². The van der Waals surface area contributed by atoms with Gasteiger partial charge in [0.1, 0.15) is 6.07 Å². The number of methoxy groups -OCH3 is 1. The standard InChI is InChI=1S/C11H9F3N2O2S/c1-18-10(17)8-3-7(19-11(12,13)14)2-6(4-15)9(8)5-16/h2-3H,4,15H2,1H3. The van der Waals surface area contributed by atoms with Crippen molar-refractivity contribution in [1.29, 1.82) is 5.26 Å². The number of nitriles is 1. The van der Waals surface area contributed by atoms with Crippen LogP contribution in [0.2, 0.25) is 0 Å². The Morgan fingerprint density at radius 1 is 1.53 bits per heavy atom. The van der Waals surface area contributed by atoms with Gasteiger partial charge in [-0.2, -0.15) is 18.4 Å². The molecule has 1 aromatic carbocycles. The van der Waals surface area contributed by atoms with E-state index in [0.717, 1.165) is 19.2 Å². The number of rotatable bonds is 3. The van der Waals surface area contributed by atoms with Gasteiger partial charge in [-0.25, -0.2) is 4.79 Å². The van der Waals surface area contributed by atoms with E-state index in [1.54, 1.807) is 6.07 Å².